The van der Waals surface area contributed by atoms with E-state index in [1.807, 2.05) is 6.92 Å². The second-order valence-corrected chi connectivity index (χ2v) is 3.01. The normalized spacial score (nSPS) is 12.2. The lowest BCUT2D eigenvalue weighted by atomic mass is 10.1. The zero-order valence-electron chi connectivity index (χ0n) is 7.80. The molecule has 0 aliphatic rings. The van der Waals surface area contributed by atoms with E-state index in [0.29, 0.717) is 5.92 Å². The Hall–Kier alpha value is -0.720. The summed E-state index contributed by atoms with van der Waals surface area (Å²) in [6.45, 7) is 6.26. The fourth-order valence-electron chi connectivity index (χ4n) is 0.749. The molecule has 0 aliphatic heterocycles. The number of unbranched alkanes of at least 4 members (excludes halogenated alkanes) is 1. The highest BCUT2D eigenvalue weighted by Crippen LogP contribution is 2.04. The van der Waals surface area contributed by atoms with E-state index in [1.165, 1.54) is 0 Å². The van der Waals surface area contributed by atoms with Crippen molar-refractivity contribution < 1.29 is 0 Å². The Morgan fingerprint density at radius 1 is 1.33 bits per heavy atom. The van der Waals surface area contributed by atoms with Crippen molar-refractivity contribution in [3.63, 3.8) is 0 Å². The van der Waals surface area contributed by atoms with Crippen LogP contribution in [0.25, 0.3) is 0 Å². The van der Waals surface area contributed by atoms with Crippen LogP contribution in [0.5, 0.6) is 0 Å². The molecule has 0 amide bonds. The van der Waals surface area contributed by atoms with Crippen molar-refractivity contribution in [1.29, 1.82) is 0 Å². The van der Waals surface area contributed by atoms with Crippen molar-refractivity contribution >= 4 is 0 Å². The molecule has 0 heterocycles. The molecule has 0 rings (SSSR count). The summed E-state index contributed by atoms with van der Waals surface area (Å²) >= 11 is 0. The van der Waals surface area contributed by atoms with Crippen LogP contribution in [-0.4, -0.2) is 0 Å². The van der Waals surface area contributed by atoms with Gasteiger partial charge in [0.1, 0.15) is 0 Å². The Balaban J connectivity index is 0. The van der Waals surface area contributed by atoms with E-state index in [9.17, 15) is 0 Å². The molecule has 0 atom stereocenters. The first kappa shape index (κ1) is 13.8. The molecular formula is C11H23N. The highest BCUT2D eigenvalue weighted by atomic mass is 14.6. The van der Waals surface area contributed by atoms with Crippen molar-refractivity contribution in [2.45, 2.75) is 41.0 Å². The molecule has 0 saturated carbocycles. The molecule has 0 aromatic heterocycles. The zero-order valence-corrected chi connectivity index (χ0v) is 7.80. The molecule has 0 saturated heterocycles. The first-order valence-corrected chi connectivity index (χ1v) is 4.25. The lowest BCUT2D eigenvalue weighted by Gasteiger charge is -2.03. The third-order valence-corrected chi connectivity index (χ3v) is 1.62. The lowest BCUT2D eigenvalue weighted by molar-refractivity contribution is 0.748. The molecule has 2 N–H and O–H groups in total. The average molecular weight is 169 g/mol. The zero-order chi connectivity index (χ0) is 8.69. The van der Waals surface area contributed by atoms with Gasteiger partial charge < -0.3 is 5.73 Å². The first-order valence-electron chi connectivity index (χ1n) is 4.25. The predicted octanol–water partition coefficient (Wildman–Crippen LogP) is 3.48. The van der Waals surface area contributed by atoms with E-state index in [4.69, 9.17) is 5.73 Å². The van der Waals surface area contributed by atoms with Crippen LogP contribution in [0.1, 0.15) is 41.0 Å². The number of hydrogen-bond acceptors (Lipinski definition) is 1. The topological polar surface area (TPSA) is 26.0 Å². The average Bonchev–Trinajstić information content (AvgIpc) is 1.97. The summed E-state index contributed by atoms with van der Waals surface area (Å²) in [5, 5.41) is 0. The molecular weight excluding hydrogens is 146 g/mol. The van der Waals surface area contributed by atoms with Gasteiger partial charge in [-0.05, 0) is 25.7 Å². The summed E-state index contributed by atoms with van der Waals surface area (Å²) in [6, 6.07) is 0. The summed E-state index contributed by atoms with van der Waals surface area (Å²) in [4.78, 5) is 0. The van der Waals surface area contributed by atoms with Crippen LogP contribution in [0, 0.1) is 5.92 Å². The molecule has 0 aromatic carbocycles. The van der Waals surface area contributed by atoms with Crippen LogP contribution in [0.2, 0.25) is 0 Å². The third-order valence-electron chi connectivity index (χ3n) is 1.62. The second-order valence-electron chi connectivity index (χ2n) is 3.01. The Labute approximate surface area is 77.4 Å². The van der Waals surface area contributed by atoms with Gasteiger partial charge in [-0.15, -0.1) is 0 Å². The summed E-state index contributed by atoms with van der Waals surface area (Å²) in [7, 11) is 0. The Morgan fingerprint density at radius 2 is 1.92 bits per heavy atom. The maximum atomic E-state index is 5.74. The van der Waals surface area contributed by atoms with Crippen molar-refractivity contribution in [3.05, 3.63) is 23.9 Å². The molecule has 0 aromatic rings. The minimum absolute atomic E-state index is 0. The molecule has 0 spiro atoms. The van der Waals surface area contributed by atoms with E-state index in [-0.39, 0.29) is 7.43 Å². The quantitative estimate of drug-likeness (QED) is 0.506. The van der Waals surface area contributed by atoms with E-state index >= 15 is 0 Å². The van der Waals surface area contributed by atoms with Gasteiger partial charge in [0, 0.05) is 5.70 Å². The molecule has 0 bridgehead atoms. The molecule has 1 nitrogen and oxygen atoms in total. The Kier molecular flexibility index (Phi) is 9.66. The van der Waals surface area contributed by atoms with Crippen LogP contribution in [0.15, 0.2) is 23.9 Å². The molecule has 1 heteroatoms. The number of rotatable bonds is 4. The highest BCUT2D eigenvalue weighted by Gasteiger charge is 1.94. The smallest absolute Gasteiger partial charge is 0.00660 e. The molecule has 0 unspecified atom stereocenters. The minimum Gasteiger partial charge on any atom is -0.402 e. The van der Waals surface area contributed by atoms with E-state index in [0.717, 1.165) is 18.5 Å². The monoisotopic (exact) mass is 169 g/mol. The second kappa shape index (κ2) is 8.38. The van der Waals surface area contributed by atoms with E-state index in [1.54, 1.807) is 0 Å². The van der Waals surface area contributed by atoms with Gasteiger partial charge in [-0.1, -0.05) is 39.5 Å². The van der Waals surface area contributed by atoms with Gasteiger partial charge in [-0.2, -0.15) is 0 Å². The van der Waals surface area contributed by atoms with Gasteiger partial charge in [0.15, 0.2) is 0 Å². The molecule has 0 fully saturated rings. The summed E-state index contributed by atoms with van der Waals surface area (Å²) < 4.78 is 0. The Bertz CT molecular complexity index is 143. The fraction of sp³-hybridized carbons (Fsp3) is 0.636. The van der Waals surface area contributed by atoms with Crippen LogP contribution in [0.3, 0.4) is 0 Å². The van der Waals surface area contributed by atoms with E-state index < -0.39 is 0 Å². The summed E-state index contributed by atoms with van der Waals surface area (Å²) in [5.74, 6) is 0.487. The van der Waals surface area contributed by atoms with Crippen molar-refractivity contribution in [3.8, 4) is 0 Å². The SMILES string of the molecule is C.C/C=C\CC/C=C(\N)C(C)C. The highest BCUT2D eigenvalue weighted by molar-refractivity contribution is 4.99. The standard InChI is InChI=1S/C10H19N.CH4/c1-4-5-6-7-8-10(11)9(2)3;/h4-5,8-9H,6-7,11H2,1-3H3;1H4/b5-4-,10-8-;. The van der Waals surface area contributed by atoms with Gasteiger partial charge in [-0.3, -0.25) is 0 Å². The molecule has 0 radical (unpaired) electrons. The summed E-state index contributed by atoms with van der Waals surface area (Å²) in [5.41, 5.74) is 6.74. The Morgan fingerprint density at radius 3 is 2.33 bits per heavy atom. The van der Waals surface area contributed by atoms with Crippen LogP contribution < -0.4 is 5.73 Å². The molecule has 0 aliphatic carbocycles. The number of allylic oxidation sites excluding steroid dienone is 4. The van der Waals surface area contributed by atoms with Crippen LogP contribution >= 0.6 is 0 Å². The number of nitrogens with two attached hydrogens (primary N) is 1. The van der Waals surface area contributed by atoms with Crippen LogP contribution in [-0.2, 0) is 0 Å². The maximum absolute atomic E-state index is 5.74. The molecule has 72 valence electrons. The third kappa shape index (κ3) is 7.39. The van der Waals surface area contributed by atoms with E-state index in [2.05, 4.69) is 32.1 Å². The summed E-state index contributed by atoms with van der Waals surface area (Å²) in [6.07, 6.45) is 8.51. The molecule has 12 heavy (non-hydrogen) atoms. The van der Waals surface area contributed by atoms with Gasteiger partial charge in [0.2, 0.25) is 0 Å². The van der Waals surface area contributed by atoms with Crippen molar-refractivity contribution in [1.82, 2.24) is 0 Å². The van der Waals surface area contributed by atoms with Gasteiger partial charge >= 0.3 is 0 Å². The fourth-order valence-corrected chi connectivity index (χ4v) is 0.749. The van der Waals surface area contributed by atoms with Gasteiger partial charge in [0.05, 0.1) is 0 Å². The van der Waals surface area contributed by atoms with Crippen molar-refractivity contribution in [2.24, 2.45) is 11.7 Å². The largest absolute Gasteiger partial charge is 0.402 e. The minimum atomic E-state index is 0. The lowest BCUT2D eigenvalue weighted by Crippen LogP contribution is -2.04. The number of hydrogen-bond donors (Lipinski definition) is 1. The first-order chi connectivity index (χ1) is 5.18. The maximum Gasteiger partial charge on any atom is 0.00660 e. The van der Waals surface area contributed by atoms with Crippen LogP contribution in [0.4, 0.5) is 0 Å². The van der Waals surface area contributed by atoms with Crippen molar-refractivity contribution in [2.75, 3.05) is 0 Å². The van der Waals surface area contributed by atoms with Gasteiger partial charge in [-0.25, -0.2) is 0 Å². The van der Waals surface area contributed by atoms with Gasteiger partial charge in [0.25, 0.3) is 0 Å². The predicted molar refractivity (Wildman–Crippen MR) is 57.9 cm³/mol.